The van der Waals surface area contributed by atoms with E-state index in [1.54, 1.807) is 0 Å². The second-order valence-corrected chi connectivity index (χ2v) is 8.11. The van der Waals surface area contributed by atoms with E-state index in [1.165, 1.54) is 11.1 Å². The molecule has 0 spiro atoms. The molecule has 0 saturated heterocycles. The molecule has 0 atom stereocenters. The first kappa shape index (κ1) is 19.3. The Labute approximate surface area is 192 Å². The van der Waals surface area contributed by atoms with Gasteiger partial charge in [-0.15, -0.1) is 0 Å². The summed E-state index contributed by atoms with van der Waals surface area (Å²) in [5, 5.41) is 0. The van der Waals surface area contributed by atoms with Gasteiger partial charge in [0.05, 0.1) is 11.0 Å². The van der Waals surface area contributed by atoms with Crippen molar-refractivity contribution in [2.45, 2.75) is 6.54 Å². The third kappa shape index (κ3) is 3.62. The quantitative estimate of drug-likeness (QED) is 0.336. The number of imidazole rings is 2. The van der Waals surface area contributed by atoms with Gasteiger partial charge in [-0.25, -0.2) is 4.57 Å². The molecule has 2 aromatic heterocycles. The molecule has 0 aliphatic heterocycles. The molecule has 6 rings (SSSR count). The number of hydrogen-bond acceptors (Lipinski definition) is 1. The maximum absolute atomic E-state index is 4.92. The van der Waals surface area contributed by atoms with Gasteiger partial charge in [-0.2, -0.15) is 9.55 Å². The molecule has 0 aliphatic rings. The molecule has 4 aromatic carbocycles. The summed E-state index contributed by atoms with van der Waals surface area (Å²) in [6.45, 7) is 0.762. The van der Waals surface area contributed by atoms with Crippen LogP contribution >= 0.6 is 0 Å². The number of benzene rings is 4. The Kier molecular flexibility index (Phi) is 4.81. The van der Waals surface area contributed by atoms with Crippen LogP contribution in [-0.2, 0) is 6.54 Å². The minimum absolute atomic E-state index is 0.762. The third-order valence-electron chi connectivity index (χ3n) is 5.90. The van der Waals surface area contributed by atoms with Gasteiger partial charge in [0.1, 0.15) is 6.54 Å². The summed E-state index contributed by atoms with van der Waals surface area (Å²) in [4.78, 5) is 8.43. The van der Waals surface area contributed by atoms with Crippen molar-refractivity contribution < 1.29 is 4.57 Å². The SMILES string of the molecule is c1ccc(C[n+]2cn(-c3nc4ccccc4[nH]3)c(-c3ccccc3)c2-c2ccccc2)cc1. The molecule has 0 amide bonds. The van der Waals surface area contributed by atoms with Crippen LogP contribution in [0.5, 0.6) is 0 Å². The fraction of sp³-hybridized carbons (Fsp3) is 0.0345. The molecule has 0 aliphatic carbocycles. The van der Waals surface area contributed by atoms with Crippen LogP contribution in [0.1, 0.15) is 5.56 Å². The van der Waals surface area contributed by atoms with Crippen LogP contribution in [0.4, 0.5) is 0 Å². The molecule has 4 heteroatoms. The molecule has 0 fully saturated rings. The predicted octanol–water partition coefficient (Wildman–Crippen LogP) is 6.02. The van der Waals surface area contributed by atoms with Gasteiger partial charge >= 0.3 is 5.95 Å². The van der Waals surface area contributed by atoms with Crippen LogP contribution in [0, 0.1) is 0 Å². The molecular weight excluding hydrogens is 404 g/mol. The molecule has 33 heavy (non-hydrogen) atoms. The Morgan fingerprint density at radius 2 is 1.27 bits per heavy atom. The standard InChI is InChI=1S/C29H23N4/c1-4-12-22(13-5-1)20-32-21-33(29-30-25-18-10-11-19-26(25)31-29)28(24-16-8-3-9-17-24)27(32)23-14-6-2-7-15-23/h1-19,21H,20H2,(H,30,31)/q+1. The van der Waals surface area contributed by atoms with Gasteiger partial charge in [0.2, 0.25) is 0 Å². The predicted molar refractivity (Wildman–Crippen MR) is 132 cm³/mol. The Morgan fingerprint density at radius 3 is 1.97 bits per heavy atom. The van der Waals surface area contributed by atoms with Crippen LogP contribution in [0.25, 0.3) is 39.5 Å². The average molecular weight is 428 g/mol. The van der Waals surface area contributed by atoms with Crippen molar-refractivity contribution in [2.75, 3.05) is 0 Å². The Balaban J connectivity index is 1.64. The fourth-order valence-electron chi connectivity index (χ4n) is 4.39. The number of aromatic nitrogens is 4. The Hall–Kier alpha value is -4.44. The van der Waals surface area contributed by atoms with Gasteiger partial charge in [-0.1, -0.05) is 103 Å². The molecule has 4 nitrogen and oxygen atoms in total. The number of para-hydroxylation sites is 2. The number of rotatable bonds is 5. The molecule has 1 N–H and O–H groups in total. The Bertz CT molecular complexity index is 1480. The molecule has 2 heterocycles. The molecule has 0 unspecified atom stereocenters. The summed E-state index contributed by atoms with van der Waals surface area (Å²) < 4.78 is 4.50. The first-order valence-corrected chi connectivity index (χ1v) is 11.1. The molecule has 0 radical (unpaired) electrons. The summed E-state index contributed by atoms with van der Waals surface area (Å²) in [5.41, 5.74) is 7.81. The van der Waals surface area contributed by atoms with Crippen molar-refractivity contribution in [1.82, 2.24) is 14.5 Å². The number of aromatic amines is 1. The second-order valence-electron chi connectivity index (χ2n) is 8.11. The summed E-state index contributed by atoms with van der Waals surface area (Å²) in [6, 6.07) is 39.9. The monoisotopic (exact) mass is 427 g/mol. The molecule has 0 saturated carbocycles. The second kappa shape index (κ2) is 8.24. The minimum Gasteiger partial charge on any atom is -0.303 e. The van der Waals surface area contributed by atoms with Crippen molar-refractivity contribution in [3.05, 3.63) is 127 Å². The van der Waals surface area contributed by atoms with Gasteiger partial charge in [-0.3, -0.25) is 0 Å². The lowest BCUT2D eigenvalue weighted by Crippen LogP contribution is -2.34. The van der Waals surface area contributed by atoms with Gasteiger partial charge < -0.3 is 4.98 Å². The van der Waals surface area contributed by atoms with Crippen molar-refractivity contribution in [1.29, 1.82) is 0 Å². The highest BCUT2D eigenvalue weighted by Gasteiger charge is 2.29. The summed E-state index contributed by atoms with van der Waals surface area (Å²) in [5.74, 6) is 0.805. The highest BCUT2D eigenvalue weighted by Crippen LogP contribution is 2.32. The topological polar surface area (TPSA) is 37.5 Å². The van der Waals surface area contributed by atoms with E-state index in [4.69, 9.17) is 4.98 Å². The summed E-state index contributed by atoms with van der Waals surface area (Å²) >= 11 is 0. The molecule has 0 bridgehead atoms. The summed E-state index contributed by atoms with van der Waals surface area (Å²) in [6.07, 6.45) is 2.16. The van der Waals surface area contributed by atoms with Crippen molar-refractivity contribution in [2.24, 2.45) is 0 Å². The zero-order valence-electron chi connectivity index (χ0n) is 18.1. The third-order valence-corrected chi connectivity index (χ3v) is 5.90. The van der Waals surface area contributed by atoms with Crippen LogP contribution in [0.3, 0.4) is 0 Å². The van der Waals surface area contributed by atoms with Crippen LogP contribution < -0.4 is 4.57 Å². The maximum atomic E-state index is 4.92. The van der Waals surface area contributed by atoms with E-state index in [-0.39, 0.29) is 0 Å². The van der Waals surface area contributed by atoms with Crippen molar-refractivity contribution in [3.8, 4) is 28.5 Å². The van der Waals surface area contributed by atoms with Gasteiger partial charge in [0.25, 0.3) is 6.33 Å². The van der Waals surface area contributed by atoms with Gasteiger partial charge in [0.15, 0.2) is 11.4 Å². The number of hydrogen-bond donors (Lipinski definition) is 1. The lowest BCUT2D eigenvalue weighted by Gasteiger charge is -2.06. The van der Waals surface area contributed by atoms with E-state index in [9.17, 15) is 0 Å². The lowest BCUT2D eigenvalue weighted by atomic mass is 10.0. The highest BCUT2D eigenvalue weighted by molar-refractivity contribution is 5.79. The van der Waals surface area contributed by atoms with E-state index in [0.717, 1.165) is 40.5 Å². The smallest absolute Gasteiger partial charge is 0.303 e. The Morgan fingerprint density at radius 1 is 0.667 bits per heavy atom. The highest BCUT2D eigenvalue weighted by atomic mass is 15.2. The van der Waals surface area contributed by atoms with E-state index in [0.29, 0.717) is 0 Å². The summed E-state index contributed by atoms with van der Waals surface area (Å²) in [7, 11) is 0. The largest absolute Gasteiger partial charge is 0.304 e. The zero-order valence-corrected chi connectivity index (χ0v) is 18.1. The van der Waals surface area contributed by atoms with Gasteiger partial charge in [0, 0.05) is 11.1 Å². The van der Waals surface area contributed by atoms with Crippen LogP contribution in [0.2, 0.25) is 0 Å². The lowest BCUT2D eigenvalue weighted by molar-refractivity contribution is -0.676. The first-order valence-electron chi connectivity index (χ1n) is 11.1. The molecular formula is C29H23N4+. The number of nitrogens with one attached hydrogen (secondary N) is 1. The molecule has 158 valence electrons. The van der Waals surface area contributed by atoms with Crippen molar-refractivity contribution in [3.63, 3.8) is 0 Å². The minimum atomic E-state index is 0.762. The van der Waals surface area contributed by atoms with Crippen LogP contribution in [0.15, 0.2) is 122 Å². The van der Waals surface area contributed by atoms with Crippen LogP contribution in [-0.4, -0.2) is 14.5 Å². The first-order chi connectivity index (χ1) is 16.4. The van der Waals surface area contributed by atoms with E-state index >= 15 is 0 Å². The fourth-order valence-corrected chi connectivity index (χ4v) is 4.39. The molecule has 6 aromatic rings. The normalized spacial score (nSPS) is 11.2. The van der Waals surface area contributed by atoms with E-state index in [2.05, 4.69) is 118 Å². The van der Waals surface area contributed by atoms with E-state index < -0.39 is 0 Å². The maximum Gasteiger partial charge on any atom is 0.304 e. The van der Waals surface area contributed by atoms with Gasteiger partial charge in [-0.05, 0) is 17.7 Å². The van der Waals surface area contributed by atoms with E-state index in [1.807, 2.05) is 18.2 Å². The number of H-pyrrole nitrogens is 1. The number of fused-ring (bicyclic) bond motifs is 1. The zero-order chi connectivity index (χ0) is 22.0. The average Bonchev–Trinajstić information content (AvgIpc) is 3.47. The number of nitrogens with zero attached hydrogens (tertiary/aromatic N) is 3. The van der Waals surface area contributed by atoms with Crippen molar-refractivity contribution >= 4 is 11.0 Å².